The second-order valence-electron chi connectivity index (χ2n) is 5.99. The van der Waals surface area contributed by atoms with Gasteiger partial charge in [-0.1, -0.05) is 30.0 Å². The van der Waals surface area contributed by atoms with Crippen molar-refractivity contribution in [2.75, 3.05) is 25.8 Å². The number of fused-ring (bicyclic) bond motifs is 1. The van der Waals surface area contributed by atoms with Crippen LogP contribution >= 0.6 is 11.8 Å². The van der Waals surface area contributed by atoms with Crippen LogP contribution in [0.1, 0.15) is 11.4 Å². The summed E-state index contributed by atoms with van der Waals surface area (Å²) in [6.45, 7) is 2.30. The topological polar surface area (TPSA) is 86.3 Å². The summed E-state index contributed by atoms with van der Waals surface area (Å²) in [5, 5.41) is 10.6. The number of thioether (sulfide) groups is 1. The van der Waals surface area contributed by atoms with Crippen LogP contribution in [0.4, 0.5) is 0 Å². The lowest BCUT2D eigenvalue weighted by atomic mass is 10.1. The third kappa shape index (κ3) is 3.91. The molecule has 2 aromatic carbocycles. The van der Waals surface area contributed by atoms with Crippen molar-refractivity contribution in [3.8, 4) is 5.75 Å². The normalized spacial score (nSPS) is 10.9. The quantitative estimate of drug-likeness (QED) is 0.528. The first kappa shape index (κ1) is 18.1. The molecule has 3 rings (SSSR count). The monoisotopic (exact) mass is 371 g/mol. The maximum atomic E-state index is 12.4. The summed E-state index contributed by atoms with van der Waals surface area (Å²) in [7, 11) is 3.45. The van der Waals surface area contributed by atoms with Crippen LogP contribution in [0.2, 0.25) is 0 Å². The number of nitrogens with two attached hydrogens (primary N) is 1. The van der Waals surface area contributed by atoms with E-state index in [9.17, 15) is 4.79 Å². The molecule has 0 atom stereocenters. The zero-order chi connectivity index (χ0) is 18.7. The average molecular weight is 371 g/mol. The highest BCUT2D eigenvalue weighted by Crippen LogP contribution is 2.22. The molecule has 3 aromatic rings. The molecule has 0 saturated heterocycles. The number of nitrogen functional groups attached to an aromatic ring is 1. The molecule has 0 saturated carbocycles. The van der Waals surface area contributed by atoms with E-state index in [4.69, 9.17) is 10.6 Å². The predicted molar refractivity (Wildman–Crippen MR) is 103 cm³/mol. The van der Waals surface area contributed by atoms with Crippen molar-refractivity contribution in [2.45, 2.75) is 18.6 Å². The van der Waals surface area contributed by atoms with Crippen LogP contribution in [0.15, 0.2) is 41.6 Å². The molecule has 2 N–H and O–H groups in total. The molecule has 1 heterocycles. The number of rotatable bonds is 6. The van der Waals surface area contributed by atoms with Gasteiger partial charge in [-0.15, -0.1) is 10.2 Å². The van der Waals surface area contributed by atoms with E-state index in [0.29, 0.717) is 17.5 Å². The van der Waals surface area contributed by atoms with Crippen LogP contribution in [-0.4, -0.2) is 45.6 Å². The van der Waals surface area contributed by atoms with Gasteiger partial charge in [-0.25, -0.2) is 4.68 Å². The molecule has 1 amide bonds. The van der Waals surface area contributed by atoms with Gasteiger partial charge in [0.25, 0.3) is 0 Å². The lowest BCUT2D eigenvalue weighted by Crippen LogP contribution is -2.28. The maximum Gasteiger partial charge on any atom is 0.233 e. The van der Waals surface area contributed by atoms with E-state index in [1.807, 2.05) is 30.3 Å². The first-order valence-corrected chi connectivity index (χ1v) is 9.07. The highest BCUT2D eigenvalue weighted by Gasteiger charge is 2.13. The Kier molecular flexibility index (Phi) is 5.32. The first-order valence-electron chi connectivity index (χ1n) is 8.08. The number of hydrogen-bond acceptors (Lipinski definition) is 6. The predicted octanol–water partition coefficient (Wildman–Crippen LogP) is 2.21. The number of nitrogens with zero attached hydrogens (tertiary/aromatic N) is 4. The van der Waals surface area contributed by atoms with Crippen LogP contribution in [-0.2, 0) is 11.3 Å². The Balaban J connectivity index is 1.63. The number of carbonyl (C=O) groups is 1. The highest BCUT2D eigenvalue weighted by molar-refractivity contribution is 7.99. The summed E-state index contributed by atoms with van der Waals surface area (Å²) >= 11 is 1.28. The van der Waals surface area contributed by atoms with Gasteiger partial charge in [-0.2, -0.15) is 0 Å². The van der Waals surface area contributed by atoms with Gasteiger partial charge in [-0.05, 0) is 41.5 Å². The third-order valence-corrected chi connectivity index (χ3v) is 5.04. The molecule has 0 spiro atoms. The highest BCUT2D eigenvalue weighted by atomic mass is 32.2. The first-order chi connectivity index (χ1) is 12.5. The van der Waals surface area contributed by atoms with Crippen LogP contribution in [0.5, 0.6) is 5.75 Å². The average Bonchev–Trinajstić information content (AvgIpc) is 2.97. The molecule has 0 bridgehead atoms. The molecule has 0 aliphatic rings. The van der Waals surface area contributed by atoms with Crippen molar-refractivity contribution in [1.29, 1.82) is 0 Å². The number of aromatic nitrogens is 3. The Morgan fingerprint density at radius 2 is 1.96 bits per heavy atom. The molecule has 136 valence electrons. The summed E-state index contributed by atoms with van der Waals surface area (Å²) in [4.78, 5) is 14.1. The second kappa shape index (κ2) is 7.65. The number of carbonyl (C=O) groups excluding carboxylic acids is 1. The Bertz CT molecular complexity index is 940. The summed E-state index contributed by atoms with van der Waals surface area (Å²) in [5.41, 5.74) is 1.07. The van der Waals surface area contributed by atoms with Gasteiger partial charge in [0.2, 0.25) is 11.1 Å². The number of benzene rings is 2. The number of ether oxygens (including phenoxy) is 1. The van der Waals surface area contributed by atoms with Gasteiger partial charge in [0, 0.05) is 13.6 Å². The number of aryl methyl sites for hydroxylation is 1. The van der Waals surface area contributed by atoms with E-state index in [0.717, 1.165) is 22.1 Å². The second-order valence-corrected chi connectivity index (χ2v) is 6.93. The summed E-state index contributed by atoms with van der Waals surface area (Å²) < 4.78 is 6.63. The van der Waals surface area contributed by atoms with Crippen molar-refractivity contribution in [1.82, 2.24) is 19.8 Å². The minimum atomic E-state index is 0.00507. The Morgan fingerprint density at radius 3 is 2.65 bits per heavy atom. The van der Waals surface area contributed by atoms with E-state index in [2.05, 4.69) is 16.3 Å². The summed E-state index contributed by atoms with van der Waals surface area (Å²) in [5.74, 6) is 7.51. The Hall–Kier alpha value is -2.74. The molecule has 26 heavy (non-hydrogen) atoms. The van der Waals surface area contributed by atoms with Crippen molar-refractivity contribution < 1.29 is 9.53 Å². The van der Waals surface area contributed by atoms with Crippen LogP contribution in [0, 0.1) is 6.92 Å². The van der Waals surface area contributed by atoms with Gasteiger partial charge in [-0.3, -0.25) is 4.79 Å². The van der Waals surface area contributed by atoms with E-state index in [1.165, 1.54) is 16.4 Å². The summed E-state index contributed by atoms with van der Waals surface area (Å²) in [6, 6.07) is 12.1. The van der Waals surface area contributed by atoms with Crippen LogP contribution < -0.4 is 10.6 Å². The Labute approximate surface area is 156 Å². The zero-order valence-electron chi connectivity index (χ0n) is 15.0. The fraction of sp³-hybridized carbons (Fsp3) is 0.278. The maximum absolute atomic E-state index is 12.4. The molecule has 1 aromatic heterocycles. The van der Waals surface area contributed by atoms with Crippen molar-refractivity contribution in [3.05, 3.63) is 47.8 Å². The lowest BCUT2D eigenvalue weighted by molar-refractivity contribution is -0.127. The van der Waals surface area contributed by atoms with Gasteiger partial charge in [0.15, 0.2) is 0 Å². The van der Waals surface area contributed by atoms with Gasteiger partial charge < -0.3 is 15.5 Å². The van der Waals surface area contributed by atoms with E-state index >= 15 is 0 Å². The van der Waals surface area contributed by atoms with Crippen molar-refractivity contribution in [3.63, 3.8) is 0 Å². The SMILES string of the molecule is COc1ccc2cc(CN(C)C(=O)CSc3nnc(C)n3N)ccc2c1. The minimum absolute atomic E-state index is 0.00507. The molecule has 0 radical (unpaired) electrons. The zero-order valence-corrected chi connectivity index (χ0v) is 15.8. The molecule has 8 heteroatoms. The largest absolute Gasteiger partial charge is 0.497 e. The molecule has 0 aliphatic heterocycles. The number of amides is 1. The third-order valence-electron chi connectivity index (χ3n) is 4.12. The van der Waals surface area contributed by atoms with E-state index in [-0.39, 0.29) is 11.7 Å². The Morgan fingerprint density at radius 1 is 1.23 bits per heavy atom. The molecule has 0 aliphatic carbocycles. The van der Waals surface area contributed by atoms with Gasteiger partial charge in [0.05, 0.1) is 12.9 Å². The van der Waals surface area contributed by atoms with Gasteiger partial charge in [0.1, 0.15) is 11.6 Å². The molecular formula is C18H21N5O2S. The molecule has 0 unspecified atom stereocenters. The lowest BCUT2D eigenvalue weighted by Gasteiger charge is -2.17. The van der Waals surface area contributed by atoms with Crippen LogP contribution in [0.3, 0.4) is 0 Å². The van der Waals surface area contributed by atoms with Crippen molar-refractivity contribution >= 4 is 28.4 Å². The van der Waals surface area contributed by atoms with E-state index < -0.39 is 0 Å². The fourth-order valence-corrected chi connectivity index (χ4v) is 3.39. The van der Waals surface area contributed by atoms with E-state index in [1.54, 1.807) is 26.0 Å². The molecule has 0 fully saturated rings. The summed E-state index contributed by atoms with van der Waals surface area (Å²) in [6.07, 6.45) is 0. The number of methoxy groups -OCH3 is 1. The minimum Gasteiger partial charge on any atom is -0.497 e. The van der Waals surface area contributed by atoms with Crippen LogP contribution in [0.25, 0.3) is 10.8 Å². The van der Waals surface area contributed by atoms with Gasteiger partial charge >= 0.3 is 0 Å². The van der Waals surface area contributed by atoms with Crippen molar-refractivity contribution in [2.24, 2.45) is 0 Å². The molecule has 7 nitrogen and oxygen atoms in total. The smallest absolute Gasteiger partial charge is 0.233 e. The fourth-order valence-electron chi connectivity index (χ4n) is 2.55. The standard InChI is InChI=1S/C18H21N5O2S/c1-12-20-21-18(23(12)19)26-11-17(24)22(2)10-13-4-5-15-9-16(25-3)7-6-14(15)8-13/h4-9H,10-11,19H2,1-3H3. The number of hydrogen-bond donors (Lipinski definition) is 1. The molecular weight excluding hydrogens is 350 g/mol.